The number of aliphatic carboxylic acids is 1. The molecule has 5 heteroatoms. The highest BCUT2D eigenvalue weighted by Crippen LogP contribution is 2.36. The number of carboxylic acids is 1. The first kappa shape index (κ1) is 19.9. The second kappa shape index (κ2) is 8.91. The fourth-order valence-electron chi connectivity index (χ4n) is 3.68. The minimum Gasteiger partial charge on any atom is -0.481 e. The van der Waals surface area contributed by atoms with Gasteiger partial charge in [0.2, 0.25) is 0 Å². The molecule has 1 fully saturated rings. The molecule has 148 valence electrons. The molecule has 1 saturated heterocycles. The first-order valence-electron chi connectivity index (χ1n) is 9.79. The van der Waals surface area contributed by atoms with Crippen LogP contribution in [0, 0.1) is 5.41 Å². The molecule has 0 aliphatic carbocycles. The number of hydrogen-bond donors (Lipinski definition) is 1. The van der Waals surface area contributed by atoms with Crippen LogP contribution < -0.4 is 0 Å². The van der Waals surface area contributed by atoms with Crippen LogP contribution in [0.1, 0.15) is 36.5 Å². The molecule has 0 atom stereocenters. The summed E-state index contributed by atoms with van der Waals surface area (Å²) in [6.45, 7) is 3.12. The van der Waals surface area contributed by atoms with Crippen LogP contribution >= 0.6 is 0 Å². The average molecular weight is 381 g/mol. The van der Waals surface area contributed by atoms with Gasteiger partial charge in [-0.15, -0.1) is 0 Å². The topological polar surface area (TPSA) is 66.8 Å². The van der Waals surface area contributed by atoms with Gasteiger partial charge in [-0.1, -0.05) is 61.5 Å². The van der Waals surface area contributed by atoms with Crippen LogP contribution in [0.15, 0.2) is 54.6 Å². The summed E-state index contributed by atoms with van der Waals surface area (Å²) in [7, 11) is 0. The number of amides is 1. The number of likely N-dealkylation sites (tertiary alicyclic amines) is 1. The summed E-state index contributed by atoms with van der Waals surface area (Å²) in [5, 5.41) is 9.89. The van der Waals surface area contributed by atoms with Gasteiger partial charge in [-0.25, -0.2) is 4.79 Å². The SMILES string of the molecule is CCc1ccc(CC2(C(=O)O)CCN(C(=O)OCc3ccccc3)CC2)cc1. The normalized spacial score (nSPS) is 15.8. The summed E-state index contributed by atoms with van der Waals surface area (Å²) in [5.74, 6) is -0.788. The molecular formula is C23H27NO4. The molecule has 0 radical (unpaired) electrons. The van der Waals surface area contributed by atoms with Gasteiger partial charge in [0.05, 0.1) is 5.41 Å². The summed E-state index contributed by atoms with van der Waals surface area (Å²) < 4.78 is 5.38. The largest absolute Gasteiger partial charge is 0.481 e. The molecule has 5 nitrogen and oxygen atoms in total. The van der Waals surface area contributed by atoms with Crippen molar-refractivity contribution in [3.8, 4) is 0 Å². The summed E-state index contributed by atoms with van der Waals surface area (Å²) in [6.07, 6.45) is 1.93. The Morgan fingerprint density at radius 2 is 1.57 bits per heavy atom. The van der Waals surface area contributed by atoms with Crippen molar-refractivity contribution in [1.82, 2.24) is 4.90 Å². The van der Waals surface area contributed by atoms with Gasteiger partial charge in [0.15, 0.2) is 0 Å². The predicted molar refractivity (Wildman–Crippen MR) is 107 cm³/mol. The van der Waals surface area contributed by atoms with Gasteiger partial charge in [0.1, 0.15) is 6.61 Å². The third-order valence-electron chi connectivity index (χ3n) is 5.61. The van der Waals surface area contributed by atoms with Crippen molar-refractivity contribution in [2.75, 3.05) is 13.1 Å². The number of piperidine rings is 1. The Hall–Kier alpha value is -2.82. The van der Waals surface area contributed by atoms with Crippen molar-refractivity contribution in [2.45, 2.75) is 39.2 Å². The van der Waals surface area contributed by atoms with E-state index in [4.69, 9.17) is 4.74 Å². The van der Waals surface area contributed by atoms with E-state index >= 15 is 0 Å². The Balaban J connectivity index is 1.58. The standard InChI is InChI=1S/C23H27NO4/c1-2-18-8-10-19(11-9-18)16-23(21(25)26)12-14-24(15-13-23)22(27)28-17-20-6-4-3-5-7-20/h3-11H,2,12-17H2,1H3,(H,25,26). The van der Waals surface area contributed by atoms with Gasteiger partial charge < -0.3 is 14.7 Å². The smallest absolute Gasteiger partial charge is 0.410 e. The molecule has 1 heterocycles. The maximum absolute atomic E-state index is 12.3. The van der Waals surface area contributed by atoms with Gasteiger partial charge >= 0.3 is 12.1 Å². The molecule has 2 aromatic carbocycles. The lowest BCUT2D eigenvalue weighted by Crippen LogP contribution is -2.47. The summed E-state index contributed by atoms with van der Waals surface area (Å²) in [4.78, 5) is 26.0. The van der Waals surface area contributed by atoms with Gasteiger partial charge in [-0.05, 0) is 42.4 Å². The van der Waals surface area contributed by atoms with E-state index in [1.807, 2.05) is 42.5 Å². The van der Waals surface area contributed by atoms with E-state index in [0.29, 0.717) is 32.4 Å². The number of aryl methyl sites for hydroxylation is 1. The van der Waals surface area contributed by atoms with Crippen LogP contribution in [-0.4, -0.2) is 35.2 Å². The van der Waals surface area contributed by atoms with Crippen LogP contribution in [0.25, 0.3) is 0 Å². The van der Waals surface area contributed by atoms with E-state index in [-0.39, 0.29) is 12.7 Å². The second-order valence-electron chi connectivity index (χ2n) is 7.46. The minimum atomic E-state index is -0.829. The highest BCUT2D eigenvalue weighted by atomic mass is 16.6. The minimum absolute atomic E-state index is 0.226. The van der Waals surface area contributed by atoms with Crippen LogP contribution in [-0.2, 0) is 29.0 Å². The maximum Gasteiger partial charge on any atom is 0.410 e. The molecule has 0 spiro atoms. The van der Waals surface area contributed by atoms with Crippen molar-refractivity contribution in [2.24, 2.45) is 5.41 Å². The van der Waals surface area contributed by atoms with Gasteiger partial charge in [-0.2, -0.15) is 0 Å². The van der Waals surface area contributed by atoms with Gasteiger partial charge in [0.25, 0.3) is 0 Å². The number of carbonyl (C=O) groups excluding carboxylic acids is 1. The monoisotopic (exact) mass is 381 g/mol. The van der Waals surface area contributed by atoms with E-state index in [0.717, 1.165) is 17.5 Å². The Morgan fingerprint density at radius 3 is 2.14 bits per heavy atom. The molecule has 2 aromatic rings. The highest BCUT2D eigenvalue weighted by molar-refractivity contribution is 5.76. The van der Waals surface area contributed by atoms with Gasteiger partial charge in [-0.3, -0.25) is 4.79 Å². The average Bonchev–Trinajstić information content (AvgIpc) is 2.73. The first-order chi connectivity index (χ1) is 13.5. The number of rotatable bonds is 6. The third kappa shape index (κ3) is 4.71. The molecule has 1 aliphatic rings. The molecule has 0 saturated carbocycles. The number of ether oxygens (including phenoxy) is 1. The number of hydrogen-bond acceptors (Lipinski definition) is 3. The van der Waals surface area contributed by atoms with Crippen molar-refractivity contribution < 1.29 is 19.4 Å². The Kier molecular flexibility index (Phi) is 6.34. The number of carbonyl (C=O) groups is 2. The molecule has 28 heavy (non-hydrogen) atoms. The van der Waals surface area contributed by atoms with E-state index in [1.165, 1.54) is 5.56 Å². The molecule has 1 aliphatic heterocycles. The molecule has 3 rings (SSSR count). The zero-order valence-corrected chi connectivity index (χ0v) is 16.3. The van der Waals surface area contributed by atoms with Crippen LogP contribution in [0.2, 0.25) is 0 Å². The lowest BCUT2D eigenvalue weighted by atomic mass is 9.74. The maximum atomic E-state index is 12.3. The van der Waals surface area contributed by atoms with Crippen LogP contribution in [0.5, 0.6) is 0 Å². The van der Waals surface area contributed by atoms with E-state index in [9.17, 15) is 14.7 Å². The first-order valence-corrected chi connectivity index (χ1v) is 9.79. The molecule has 0 bridgehead atoms. The number of benzene rings is 2. The Labute approximate surface area is 165 Å². The van der Waals surface area contributed by atoms with Crippen molar-refractivity contribution in [1.29, 1.82) is 0 Å². The number of nitrogens with zero attached hydrogens (tertiary/aromatic N) is 1. The second-order valence-corrected chi connectivity index (χ2v) is 7.46. The lowest BCUT2D eigenvalue weighted by Gasteiger charge is -2.38. The predicted octanol–water partition coefficient (Wildman–Crippen LogP) is 4.30. The fraction of sp³-hybridized carbons (Fsp3) is 0.391. The molecule has 0 unspecified atom stereocenters. The molecule has 1 amide bonds. The third-order valence-corrected chi connectivity index (χ3v) is 5.61. The van der Waals surface area contributed by atoms with Gasteiger partial charge in [0, 0.05) is 13.1 Å². The van der Waals surface area contributed by atoms with E-state index < -0.39 is 11.4 Å². The zero-order chi connectivity index (χ0) is 20.0. The summed E-state index contributed by atoms with van der Waals surface area (Å²) in [5.41, 5.74) is 2.37. The highest BCUT2D eigenvalue weighted by Gasteiger charge is 2.42. The van der Waals surface area contributed by atoms with E-state index in [2.05, 4.69) is 19.1 Å². The zero-order valence-electron chi connectivity index (χ0n) is 16.3. The van der Waals surface area contributed by atoms with Crippen molar-refractivity contribution in [3.63, 3.8) is 0 Å². The fourth-order valence-corrected chi connectivity index (χ4v) is 3.68. The summed E-state index contributed by atoms with van der Waals surface area (Å²) in [6, 6.07) is 17.7. The van der Waals surface area contributed by atoms with Crippen LogP contribution in [0.3, 0.4) is 0 Å². The van der Waals surface area contributed by atoms with Crippen molar-refractivity contribution >= 4 is 12.1 Å². The molecule has 1 N–H and O–H groups in total. The van der Waals surface area contributed by atoms with Crippen molar-refractivity contribution in [3.05, 3.63) is 71.3 Å². The Morgan fingerprint density at radius 1 is 0.964 bits per heavy atom. The van der Waals surface area contributed by atoms with E-state index in [1.54, 1.807) is 4.90 Å². The quantitative estimate of drug-likeness (QED) is 0.810. The van der Waals surface area contributed by atoms with Crippen LogP contribution in [0.4, 0.5) is 4.79 Å². The lowest BCUT2D eigenvalue weighted by molar-refractivity contribution is -0.151. The Bertz CT molecular complexity index is 793. The molecular weight excluding hydrogens is 354 g/mol. The summed E-state index contributed by atoms with van der Waals surface area (Å²) >= 11 is 0. The number of carboxylic acid groups (broad SMARTS) is 1. The molecule has 0 aromatic heterocycles.